The molecule has 5 heteroatoms. The van der Waals surface area contributed by atoms with Crippen LogP contribution in [0.1, 0.15) is 31.5 Å². The first kappa shape index (κ1) is 14.7. The molecule has 0 atom stereocenters. The molecule has 0 amide bonds. The van der Waals surface area contributed by atoms with Gasteiger partial charge in [0.25, 0.3) is 0 Å². The van der Waals surface area contributed by atoms with E-state index in [1.165, 1.54) is 22.1 Å². The van der Waals surface area contributed by atoms with E-state index < -0.39 is 0 Å². The van der Waals surface area contributed by atoms with Crippen molar-refractivity contribution in [1.29, 1.82) is 0 Å². The second-order valence-electron chi connectivity index (χ2n) is 5.75. The number of aryl methyl sites for hydroxylation is 2. The molecule has 3 rings (SSSR count). The van der Waals surface area contributed by atoms with Crippen molar-refractivity contribution in [3.63, 3.8) is 0 Å². The predicted octanol–water partition coefficient (Wildman–Crippen LogP) is 4.99. The van der Waals surface area contributed by atoms with Crippen LogP contribution in [0.2, 0.25) is 0 Å². The van der Waals surface area contributed by atoms with Gasteiger partial charge in [0.15, 0.2) is 0 Å². The number of thiophene rings is 1. The van der Waals surface area contributed by atoms with Gasteiger partial charge in [0.2, 0.25) is 0 Å². The van der Waals surface area contributed by atoms with Gasteiger partial charge in [-0.1, -0.05) is 13.8 Å². The number of hydrogen-bond acceptors (Lipinski definition) is 5. The SMILES string of the molecule is Cc1cc(C)c2c(n1)sc1c(SCCC(C)C)ncnc12. The van der Waals surface area contributed by atoms with E-state index in [-0.39, 0.29) is 0 Å². The van der Waals surface area contributed by atoms with Crippen LogP contribution in [-0.2, 0) is 0 Å². The molecule has 0 N–H and O–H groups in total. The molecular weight excluding hydrogens is 298 g/mol. The second-order valence-corrected chi connectivity index (χ2v) is 7.83. The summed E-state index contributed by atoms with van der Waals surface area (Å²) in [6.07, 6.45) is 2.89. The highest BCUT2D eigenvalue weighted by atomic mass is 32.2. The summed E-state index contributed by atoms with van der Waals surface area (Å²) >= 11 is 3.55. The normalized spacial score (nSPS) is 11.9. The van der Waals surface area contributed by atoms with E-state index >= 15 is 0 Å². The number of nitrogens with zero attached hydrogens (tertiary/aromatic N) is 3. The van der Waals surface area contributed by atoms with Crippen LogP contribution in [0.5, 0.6) is 0 Å². The molecular formula is C16H19N3S2. The Morgan fingerprint density at radius 1 is 1.24 bits per heavy atom. The summed E-state index contributed by atoms with van der Waals surface area (Å²) in [6, 6.07) is 2.13. The smallest absolute Gasteiger partial charge is 0.126 e. The van der Waals surface area contributed by atoms with Crippen molar-refractivity contribution in [2.75, 3.05) is 5.75 Å². The maximum Gasteiger partial charge on any atom is 0.126 e. The maximum absolute atomic E-state index is 4.66. The Labute approximate surface area is 133 Å². The quantitative estimate of drug-likeness (QED) is 0.501. The molecule has 110 valence electrons. The Bertz CT molecular complexity index is 793. The van der Waals surface area contributed by atoms with E-state index in [0.29, 0.717) is 0 Å². The van der Waals surface area contributed by atoms with E-state index in [9.17, 15) is 0 Å². The fourth-order valence-electron chi connectivity index (χ4n) is 2.38. The molecule has 3 aromatic rings. The lowest BCUT2D eigenvalue weighted by Crippen LogP contribution is -1.91. The van der Waals surface area contributed by atoms with Crippen molar-refractivity contribution in [3.05, 3.63) is 23.7 Å². The van der Waals surface area contributed by atoms with E-state index in [1.807, 2.05) is 18.7 Å². The molecule has 0 aliphatic rings. The van der Waals surface area contributed by atoms with Crippen LogP contribution in [-0.4, -0.2) is 20.7 Å². The third-order valence-electron chi connectivity index (χ3n) is 3.45. The molecule has 0 saturated carbocycles. The highest BCUT2D eigenvalue weighted by Gasteiger charge is 2.14. The van der Waals surface area contributed by atoms with Crippen LogP contribution in [0.25, 0.3) is 20.4 Å². The summed E-state index contributed by atoms with van der Waals surface area (Å²) in [5, 5.41) is 2.29. The first-order valence-electron chi connectivity index (χ1n) is 7.20. The van der Waals surface area contributed by atoms with Gasteiger partial charge in [-0.05, 0) is 43.6 Å². The van der Waals surface area contributed by atoms with Crippen LogP contribution in [0.4, 0.5) is 0 Å². The zero-order valence-corrected chi connectivity index (χ0v) is 14.4. The fourth-order valence-corrected chi connectivity index (χ4v) is 4.95. The first-order chi connectivity index (χ1) is 10.1. The van der Waals surface area contributed by atoms with Crippen molar-refractivity contribution >= 4 is 43.5 Å². The Morgan fingerprint density at radius 2 is 2.05 bits per heavy atom. The molecule has 0 spiro atoms. The summed E-state index contributed by atoms with van der Waals surface area (Å²) in [5.41, 5.74) is 3.37. The van der Waals surface area contributed by atoms with Crippen LogP contribution in [0, 0.1) is 19.8 Å². The number of aromatic nitrogens is 3. The zero-order chi connectivity index (χ0) is 15.0. The number of pyridine rings is 1. The van der Waals surface area contributed by atoms with E-state index in [0.717, 1.165) is 32.7 Å². The van der Waals surface area contributed by atoms with Crippen LogP contribution in [0.15, 0.2) is 17.4 Å². The van der Waals surface area contributed by atoms with Gasteiger partial charge in [-0.15, -0.1) is 23.1 Å². The summed E-state index contributed by atoms with van der Waals surface area (Å²) in [4.78, 5) is 14.7. The van der Waals surface area contributed by atoms with E-state index in [4.69, 9.17) is 0 Å². The standard InChI is InChI=1S/C16H19N3S2/c1-9(2)5-6-20-16-14-13(17-8-18-16)12-10(3)7-11(4)19-15(12)21-14/h7-9H,5-6H2,1-4H3. The van der Waals surface area contributed by atoms with Gasteiger partial charge >= 0.3 is 0 Å². The van der Waals surface area contributed by atoms with Gasteiger partial charge in [0, 0.05) is 11.1 Å². The van der Waals surface area contributed by atoms with E-state index in [2.05, 4.69) is 41.8 Å². The Balaban J connectivity index is 2.09. The van der Waals surface area contributed by atoms with Gasteiger partial charge in [-0.3, -0.25) is 0 Å². The fraction of sp³-hybridized carbons (Fsp3) is 0.438. The summed E-state index contributed by atoms with van der Waals surface area (Å²) < 4.78 is 1.18. The van der Waals surface area contributed by atoms with E-state index in [1.54, 1.807) is 17.7 Å². The molecule has 3 heterocycles. The average Bonchev–Trinajstić information content (AvgIpc) is 2.77. The third kappa shape index (κ3) is 2.90. The third-order valence-corrected chi connectivity index (χ3v) is 5.68. The molecule has 0 saturated heterocycles. The molecule has 3 nitrogen and oxygen atoms in total. The molecule has 0 aliphatic carbocycles. The van der Waals surface area contributed by atoms with Gasteiger partial charge in [-0.2, -0.15) is 0 Å². The molecule has 21 heavy (non-hydrogen) atoms. The minimum absolute atomic E-state index is 0.726. The molecule has 0 aliphatic heterocycles. The lowest BCUT2D eigenvalue weighted by Gasteiger charge is -2.04. The van der Waals surface area contributed by atoms with Crippen molar-refractivity contribution in [1.82, 2.24) is 15.0 Å². The monoisotopic (exact) mass is 317 g/mol. The van der Waals surface area contributed by atoms with Crippen molar-refractivity contribution in [2.45, 2.75) is 39.1 Å². The highest BCUT2D eigenvalue weighted by Crippen LogP contribution is 2.38. The van der Waals surface area contributed by atoms with Crippen molar-refractivity contribution in [3.8, 4) is 0 Å². The second kappa shape index (κ2) is 5.89. The van der Waals surface area contributed by atoms with Crippen LogP contribution < -0.4 is 0 Å². The van der Waals surface area contributed by atoms with Crippen molar-refractivity contribution in [2.24, 2.45) is 5.92 Å². The Hall–Kier alpha value is -1.20. The number of fused-ring (bicyclic) bond motifs is 3. The molecule has 0 unspecified atom stereocenters. The largest absolute Gasteiger partial charge is 0.242 e. The Morgan fingerprint density at radius 3 is 2.81 bits per heavy atom. The molecule has 0 bridgehead atoms. The predicted molar refractivity (Wildman–Crippen MR) is 92.4 cm³/mol. The summed E-state index contributed by atoms with van der Waals surface area (Å²) in [6.45, 7) is 8.69. The molecule has 0 radical (unpaired) electrons. The molecule has 0 aromatic carbocycles. The number of thioether (sulfide) groups is 1. The zero-order valence-electron chi connectivity index (χ0n) is 12.8. The summed E-state index contributed by atoms with van der Waals surface area (Å²) in [7, 11) is 0. The number of rotatable bonds is 4. The maximum atomic E-state index is 4.66. The lowest BCUT2D eigenvalue weighted by atomic mass is 10.1. The van der Waals surface area contributed by atoms with Gasteiger partial charge in [0.05, 0.1) is 10.2 Å². The first-order valence-corrected chi connectivity index (χ1v) is 9.00. The topological polar surface area (TPSA) is 38.7 Å². The minimum atomic E-state index is 0.726. The molecule has 3 aromatic heterocycles. The highest BCUT2D eigenvalue weighted by molar-refractivity contribution is 7.99. The van der Waals surface area contributed by atoms with Gasteiger partial charge in [-0.25, -0.2) is 15.0 Å². The van der Waals surface area contributed by atoms with Crippen molar-refractivity contribution < 1.29 is 0 Å². The lowest BCUT2D eigenvalue weighted by molar-refractivity contribution is 0.632. The average molecular weight is 317 g/mol. The minimum Gasteiger partial charge on any atom is -0.242 e. The van der Waals surface area contributed by atoms with Gasteiger partial charge in [0.1, 0.15) is 16.2 Å². The molecule has 0 fully saturated rings. The number of hydrogen-bond donors (Lipinski definition) is 0. The van der Waals surface area contributed by atoms with Crippen LogP contribution >= 0.6 is 23.1 Å². The Kier molecular flexibility index (Phi) is 4.13. The summed E-state index contributed by atoms with van der Waals surface area (Å²) in [5.74, 6) is 1.83. The van der Waals surface area contributed by atoms with Gasteiger partial charge < -0.3 is 0 Å². The van der Waals surface area contributed by atoms with Crippen LogP contribution in [0.3, 0.4) is 0 Å².